The molecule has 1 aliphatic rings. The Balaban J connectivity index is 1.34. The van der Waals surface area contributed by atoms with Crippen LogP contribution in [0.5, 0.6) is 0 Å². The van der Waals surface area contributed by atoms with Crippen molar-refractivity contribution < 1.29 is 9.59 Å². The molecule has 0 spiro atoms. The number of para-hydroxylation sites is 1. The quantitative estimate of drug-likeness (QED) is 0.326. The molecular weight excluding hydrogens is 506 g/mol. The lowest BCUT2D eigenvalue weighted by Crippen LogP contribution is -2.56. The number of anilines is 1. The Labute approximate surface area is 227 Å². The summed E-state index contributed by atoms with van der Waals surface area (Å²) in [6.07, 6.45) is 1.42. The number of benzene rings is 2. The van der Waals surface area contributed by atoms with Crippen LogP contribution in [0.4, 0.5) is 5.69 Å². The number of halogens is 1. The van der Waals surface area contributed by atoms with E-state index in [-0.39, 0.29) is 18.4 Å². The summed E-state index contributed by atoms with van der Waals surface area (Å²) in [5.74, 6) is -0.425. The van der Waals surface area contributed by atoms with E-state index in [9.17, 15) is 9.59 Å². The fourth-order valence-electron chi connectivity index (χ4n) is 4.56. The van der Waals surface area contributed by atoms with Crippen molar-refractivity contribution in [1.82, 2.24) is 15.5 Å². The second-order valence-corrected chi connectivity index (χ2v) is 10.6. The van der Waals surface area contributed by atoms with Gasteiger partial charge in [0.2, 0.25) is 11.8 Å². The first-order valence-electron chi connectivity index (χ1n) is 12.6. The van der Waals surface area contributed by atoms with Crippen molar-refractivity contribution in [3.8, 4) is 0 Å². The average Bonchev–Trinajstić information content (AvgIpc) is 3.45. The molecule has 0 radical (unpaired) electrons. The first-order chi connectivity index (χ1) is 18.0. The fourth-order valence-corrected chi connectivity index (χ4v) is 5.39. The molecule has 9 heteroatoms. The molecule has 4 rings (SSSR count). The van der Waals surface area contributed by atoms with Gasteiger partial charge in [-0.05, 0) is 47.2 Å². The number of thiophene rings is 1. The summed E-state index contributed by atoms with van der Waals surface area (Å²) < 4.78 is 0. The summed E-state index contributed by atoms with van der Waals surface area (Å²) in [5, 5.41) is 9.12. The molecule has 7 nitrogen and oxygen atoms in total. The Kier molecular flexibility index (Phi) is 9.96. The van der Waals surface area contributed by atoms with Gasteiger partial charge in [0.05, 0.1) is 6.54 Å². The minimum atomic E-state index is -0.663. The molecular formula is C28H34ClN5O2S. The number of nitrogens with one attached hydrogen (secondary N) is 2. The first-order valence-corrected chi connectivity index (χ1v) is 13.9. The van der Waals surface area contributed by atoms with Crippen molar-refractivity contribution in [1.29, 1.82) is 0 Å². The van der Waals surface area contributed by atoms with Crippen LogP contribution in [-0.2, 0) is 29.0 Å². The summed E-state index contributed by atoms with van der Waals surface area (Å²) in [7, 11) is 0. The highest BCUT2D eigenvalue weighted by atomic mass is 35.5. The van der Waals surface area contributed by atoms with Crippen molar-refractivity contribution >= 4 is 40.4 Å². The summed E-state index contributed by atoms with van der Waals surface area (Å²) in [6, 6.07) is 19.4. The zero-order chi connectivity index (χ0) is 26.0. The lowest BCUT2D eigenvalue weighted by Gasteiger charge is -2.38. The van der Waals surface area contributed by atoms with E-state index in [0.717, 1.165) is 38.2 Å². The molecule has 4 N–H and O–H groups in total. The molecule has 2 heterocycles. The lowest BCUT2D eigenvalue weighted by molar-refractivity contribution is -0.136. The number of carbonyl (C=O) groups is 2. The molecule has 1 unspecified atom stereocenters. The highest BCUT2D eigenvalue weighted by Gasteiger charge is 2.29. The largest absolute Gasteiger partial charge is 0.368 e. The maximum Gasteiger partial charge on any atom is 0.245 e. The molecule has 1 aromatic heterocycles. The molecule has 37 heavy (non-hydrogen) atoms. The molecule has 1 atom stereocenters. The van der Waals surface area contributed by atoms with Gasteiger partial charge in [-0.25, -0.2) is 0 Å². The van der Waals surface area contributed by atoms with E-state index in [1.165, 1.54) is 16.1 Å². The van der Waals surface area contributed by atoms with E-state index in [1.54, 1.807) is 23.5 Å². The minimum Gasteiger partial charge on any atom is -0.368 e. The number of hydrogen-bond donors (Lipinski definition) is 3. The summed E-state index contributed by atoms with van der Waals surface area (Å²) in [5.41, 5.74) is 8.90. The maximum atomic E-state index is 13.4. The molecule has 2 amide bonds. The highest BCUT2D eigenvalue weighted by Crippen LogP contribution is 2.22. The van der Waals surface area contributed by atoms with Crippen LogP contribution < -0.4 is 21.3 Å². The third kappa shape index (κ3) is 7.79. The number of rotatable bonds is 11. The number of hydrogen-bond acceptors (Lipinski definition) is 6. The van der Waals surface area contributed by atoms with E-state index in [4.69, 9.17) is 17.3 Å². The average molecular weight is 540 g/mol. The van der Waals surface area contributed by atoms with E-state index in [1.807, 2.05) is 17.0 Å². The fraction of sp³-hybridized carbons (Fsp3) is 0.357. The molecule has 0 aliphatic carbocycles. The summed E-state index contributed by atoms with van der Waals surface area (Å²) in [6.45, 7) is 4.22. The van der Waals surface area contributed by atoms with Crippen molar-refractivity contribution in [2.45, 2.75) is 25.4 Å². The maximum absolute atomic E-state index is 13.4. The topological polar surface area (TPSA) is 90.7 Å². The van der Waals surface area contributed by atoms with Crippen LogP contribution in [0.1, 0.15) is 16.0 Å². The molecule has 1 saturated heterocycles. The van der Waals surface area contributed by atoms with Gasteiger partial charge in [0.15, 0.2) is 0 Å². The Morgan fingerprint density at radius 3 is 2.46 bits per heavy atom. The monoisotopic (exact) mass is 539 g/mol. The van der Waals surface area contributed by atoms with Crippen molar-refractivity contribution in [3.63, 3.8) is 0 Å². The van der Waals surface area contributed by atoms with Gasteiger partial charge in [0.1, 0.15) is 6.04 Å². The van der Waals surface area contributed by atoms with Crippen LogP contribution in [0.25, 0.3) is 0 Å². The van der Waals surface area contributed by atoms with Crippen molar-refractivity contribution in [2.75, 3.05) is 44.2 Å². The van der Waals surface area contributed by atoms with Gasteiger partial charge in [-0.1, -0.05) is 48.0 Å². The van der Waals surface area contributed by atoms with Crippen LogP contribution in [0.3, 0.4) is 0 Å². The molecule has 2 aromatic carbocycles. The van der Waals surface area contributed by atoms with Gasteiger partial charge >= 0.3 is 0 Å². The SMILES string of the molecule is NCC(=O)NC(Cc1ccc(Cl)cc1)C(=O)N1CCN(c2ccccc2CNCCc2cccs2)CC1. The molecule has 0 bridgehead atoms. The zero-order valence-electron chi connectivity index (χ0n) is 20.9. The molecule has 196 valence electrons. The number of nitrogens with two attached hydrogens (primary N) is 1. The van der Waals surface area contributed by atoms with Crippen LogP contribution in [-0.4, -0.2) is 62.0 Å². The first kappa shape index (κ1) is 27.1. The van der Waals surface area contributed by atoms with Gasteiger partial charge in [-0.2, -0.15) is 0 Å². The number of amides is 2. The summed E-state index contributed by atoms with van der Waals surface area (Å²) >= 11 is 7.79. The second-order valence-electron chi connectivity index (χ2n) is 9.10. The molecule has 3 aromatic rings. The minimum absolute atomic E-state index is 0.0834. The normalized spacial score (nSPS) is 14.4. The van der Waals surface area contributed by atoms with Crippen LogP contribution in [0, 0.1) is 0 Å². The third-order valence-electron chi connectivity index (χ3n) is 6.54. The van der Waals surface area contributed by atoms with Crippen LogP contribution in [0.2, 0.25) is 5.02 Å². The van der Waals surface area contributed by atoms with Gasteiger partial charge in [-0.15, -0.1) is 11.3 Å². The smallest absolute Gasteiger partial charge is 0.245 e. The Hall–Kier alpha value is -2.91. The van der Waals surface area contributed by atoms with Crippen molar-refractivity contribution in [3.05, 3.63) is 87.1 Å². The predicted molar refractivity (Wildman–Crippen MR) is 151 cm³/mol. The van der Waals surface area contributed by atoms with Gasteiger partial charge < -0.3 is 26.2 Å². The highest BCUT2D eigenvalue weighted by molar-refractivity contribution is 7.09. The Morgan fingerprint density at radius 2 is 1.76 bits per heavy atom. The summed E-state index contributed by atoms with van der Waals surface area (Å²) in [4.78, 5) is 31.1. The Bertz CT molecular complexity index is 1150. The van der Waals surface area contributed by atoms with Crippen LogP contribution in [0.15, 0.2) is 66.0 Å². The van der Waals surface area contributed by atoms with Gasteiger partial charge in [0.25, 0.3) is 0 Å². The third-order valence-corrected chi connectivity index (χ3v) is 7.73. The number of nitrogens with zero attached hydrogens (tertiary/aromatic N) is 2. The van der Waals surface area contributed by atoms with Crippen molar-refractivity contribution in [2.24, 2.45) is 5.73 Å². The second kappa shape index (κ2) is 13.6. The lowest BCUT2D eigenvalue weighted by atomic mass is 10.0. The molecule has 1 fully saturated rings. The Morgan fingerprint density at radius 1 is 1.00 bits per heavy atom. The predicted octanol–water partition coefficient (Wildman–Crippen LogP) is 3.07. The van der Waals surface area contributed by atoms with Crippen LogP contribution >= 0.6 is 22.9 Å². The van der Waals surface area contributed by atoms with E-state index >= 15 is 0 Å². The van der Waals surface area contributed by atoms with E-state index in [2.05, 4.69) is 57.3 Å². The van der Waals surface area contributed by atoms with Gasteiger partial charge in [0, 0.05) is 61.3 Å². The zero-order valence-corrected chi connectivity index (χ0v) is 22.4. The van der Waals surface area contributed by atoms with E-state index < -0.39 is 6.04 Å². The van der Waals surface area contributed by atoms with E-state index in [0.29, 0.717) is 24.5 Å². The molecule has 1 aliphatic heterocycles. The standard InChI is InChI=1S/C28H34ClN5O2S/c29-23-9-7-21(8-10-23)18-25(32-27(35)19-30)28(36)34-15-13-33(14-16-34)26-6-2-1-4-22(26)20-31-12-11-24-5-3-17-37-24/h1-10,17,25,31H,11-16,18-20,30H2,(H,32,35). The molecule has 0 saturated carbocycles. The van der Waals surface area contributed by atoms with Gasteiger partial charge in [-0.3, -0.25) is 9.59 Å². The number of piperazine rings is 1. The number of carbonyl (C=O) groups excluding carboxylic acids is 2.